The number of carbonyl (C=O) groups excluding carboxylic acids is 2. The average molecular weight is 353 g/mol. The first kappa shape index (κ1) is 16.0. The van der Waals surface area contributed by atoms with Gasteiger partial charge in [0.05, 0.1) is 5.69 Å². The molecule has 21 heavy (non-hydrogen) atoms. The highest BCUT2D eigenvalue weighted by Crippen LogP contribution is 2.32. The predicted molar refractivity (Wildman–Crippen MR) is 87.3 cm³/mol. The van der Waals surface area contributed by atoms with E-state index in [0.29, 0.717) is 0 Å². The molecule has 5 heteroatoms. The lowest BCUT2D eigenvalue weighted by Gasteiger charge is -2.40. The van der Waals surface area contributed by atoms with Gasteiger partial charge in [0.25, 0.3) is 5.91 Å². The van der Waals surface area contributed by atoms with Crippen molar-refractivity contribution < 1.29 is 9.59 Å². The van der Waals surface area contributed by atoms with Gasteiger partial charge in [0.1, 0.15) is 12.1 Å². The fourth-order valence-electron chi connectivity index (χ4n) is 2.83. The van der Waals surface area contributed by atoms with E-state index < -0.39 is 12.1 Å². The summed E-state index contributed by atoms with van der Waals surface area (Å²) in [5, 5.41) is 2.83. The number of anilines is 1. The van der Waals surface area contributed by atoms with Gasteiger partial charge < -0.3 is 5.32 Å². The van der Waals surface area contributed by atoms with E-state index >= 15 is 0 Å². The quantitative estimate of drug-likeness (QED) is 0.889. The summed E-state index contributed by atoms with van der Waals surface area (Å²) in [5.41, 5.74) is 2.81. The molecule has 2 atom stereocenters. The Morgan fingerprint density at radius 1 is 1.19 bits per heavy atom. The minimum absolute atomic E-state index is 0.0365. The molecule has 2 rings (SSSR count). The molecule has 1 fully saturated rings. The summed E-state index contributed by atoms with van der Waals surface area (Å²) < 4.78 is 0.975. The monoisotopic (exact) mass is 352 g/mol. The molecule has 2 amide bonds. The molecular formula is C16H21BrN2O2. The van der Waals surface area contributed by atoms with Crippen molar-refractivity contribution in [2.75, 3.05) is 4.90 Å². The fraction of sp³-hybridized carbons (Fsp3) is 0.500. The van der Waals surface area contributed by atoms with Gasteiger partial charge in [0.15, 0.2) is 0 Å². The maximum absolute atomic E-state index is 12.8. The van der Waals surface area contributed by atoms with Crippen LogP contribution >= 0.6 is 15.9 Å². The Hall–Kier alpha value is -1.36. The minimum Gasteiger partial charge on any atom is -0.342 e. The summed E-state index contributed by atoms with van der Waals surface area (Å²) in [5.74, 6) is -0.0758. The second kappa shape index (κ2) is 5.79. The molecule has 114 valence electrons. The second-order valence-corrected chi connectivity index (χ2v) is 6.92. The Kier molecular flexibility index (Phi) is 4.42. The van der Waals surface area contributed by atoms with Crippen LogP contribution < -0.4 is 10.2 Å². The first-order chi connectivity index (χ1) is 9.73. The predicted octanol–water partition coefficient (Wildman–Crippen LogP) is 2.94. The molecule has 0 spiro atoms. The van der Waals surface area contributed by atoms with E-state index in [0.717, 1.165) is 21.3 Å². The Labute approximate surface area is 134 Å². The minimum atomic E-state index is -0.494. The second-order valence-electron chi connectivity index (χ2n) is 6.00. The van der Waals surface area contributed by atoms with Crippen molar-refractivity contribution >= 4 is 33.4 Å². The molecule has 0 radical (unpaired) electrons. The average Bonchev–Trinajstić information content (AvgIpc) is 2.36. The lowest BCUT2D eigenvalue weighted by atomic mass is 9.96. The number of hydrogen-bond donors (Lipinski definition) is 1. The number of amides is 2. The highest BCUT2D eigenvalue weighted by Gasteiger charge is 2.41. The van der Waals surface area contributed by atoms with E-state index in [4.69, 9.17) is 0 Å². The summed E-state index contributed by atoms with van der Waals surface area (Å²) in [7, 11) is 0. The Balaban J connectivity index is 2.54. The third-order valence-corrected chi connectivity index (χ3v) is 4.39. The van der Waals surface area contributed by atoms with Gasteiger partial charge in [-0.15, -0.1) is 0 Å². The van der Waals surface area contributed by atoms with Crippen LogP contribution in [0.1, 0.15) is 31.9 Å². The zero-order valence-corrected chi connectivity index (χ0v) is 14.6. The number of benzene rings is 1. The lowest BCUT2D eigenvalue weighted by Crippen LogP contribution is -2.64. The zero-order valence-electron chi connectivity index (χ0n) is 13.0. The van der Waals surface area contributed by atoms with E-state index in [-0.39, 0.29) is 17.7 Å². The van der Waals surface area contributed by atoms with E-state index in [1.54, 1.807) is 11.8 Å². The first-order valence-electron chi connectivity index (χ1n) is 7.14. The van der Waals surface area contributed by atoms with Crippen molar-refractivity contribution in [1.29, 1.82) is 0 Å². The van der Waals surface area contributed by atoms with Gasteiger partial charge in [-0.1, -0.05) is 29.8 Å². The largest absolute Gasteiger partial charge is 0.342 e. The summed E-state index contributed by atoms with van der Waals surface area (Å²) in [6, 6.07) is 2.99. The summed E-state index contributed by atoms with van der Waals surface area (Å²) in [6.45, 7) is 9.58. The summed E-state index contributed by atoms with van der Waals surface area (Å²) in [4.78, 5) is 26.7. The maximum atomic E-state index is 12.8. The van der Waals surface area contributed by atoms with Gasteiger partial charge in [0, 0.05) is 4.47 Å². The molecule has 2 unspecified atom stereocenters. The molecule has 0 aliphatic carbocycles. The van der Waals surface area contributed by atoms with Crippen molar-refractivity contribution in [2.24, 2.45) is 5.92 Å². The molecule has 4 nitrogen and oxygen atoms in total. The molecule has 1 saturated heterocycles. The third-order valence-electron chi connectivity index (χ3n) is 3.93. The molecule has 0 aromatic heterocycles. The molecular weight excluding hydrogens is 332 g/mol. The van der Waals surface area contributed by atoms with Crippen LogP contribution in [0.25, 0.3) is 0 Å². The van der Waals surface area contributed by atoms with Crippen LogP contribution in [-0.2, 0) is 9.59 Å². The van der Waals surface area contributed by atoms with Gasteiger partial charge in [0.2, 0.25) is 5.91 Å². The Morgan fingerprint density at radius 3 is 2.19 bits per heavy atom. The number of hydrogen-bond acceptors (Lipinski definition) is 2. The molecule has 1 heterocycles. The normalized spacial score (nSPS) is 22.7. The molecule has 0 bridgehead atoms. The van der Waals surface area contributed by atoms with E-state index in [1.807, 2.05) is 39.8 Å². The summed E-state index contributed by atoms with van der Waals surface area (Å²) in [6.07, 6.45) is 0. The molecule has 1 aliphatic heterocycles. The number of halogens is 1. The number of aryl methyl sites for hydroxylation is 2. The number of rotatable bonds is 2. The van der Waals surface area contributed by atoms with Gasteiger partial charge in [-0.3, -0.25) is 14.5 Å². The van der Waals surface area contributed by atoms with Crippen LogP contribution in [0, 0.1) is 19.8 Å². The molecule has 1 aromatic rings. The number of nitrogens with zero attached hydrogens (tertiary/aromatic N) is 1. The van der Waals surface area contributed by atoms with Crippen molar-refractivity contribution in [2.45, 2.75) is 46.7 Å². The standard InChI is InChI=1S/C16H21BrN2O2/c1-8(2)13-16(21)19(11(5)15(20)18-13)14-9(3)6-12(17)7-10(14)4/h6-8,11,13H,1-5H3,(H,18,20). The van der Waals surface area contributed by atoms with Crippen molar-refractivity contribution in [3.05, 3.63) is 27.7 Å². The van der Waals surface area contributed by atoms with Crippen molar-refractivity contribution in [3.8, 4) is 0 Å². The molecule has 1 aromatic carbocycles. The van der Waals surface area contributed by atoms with Crippen LogP contribution in [0.4, 0.5) is 5.69 Å². The Bertz CT molecular complexity index is 575. The topological polar surface area (TPSA) is 49.4 Å². The smallest absolute Gasteiger partial charge is 0.250 e. The molecule has 0 saturated carbocycles. The van der Waals surface area contributed by atoms with Crippen LogP contribution in [0.3, 0.4) is 0 Å². The first-order valence-corrected chi connectivity index (χ1v) is 7.93. The Morgan fingerprint density at radius 2 is 1.71 bits per heavy atom. The van der Waals surface area contributed by atoms with Gasteiger partial charge >= 0.3 is 0 Å². The summed E-state index contributed by atoms with van der Waals surface area (Å²) >= 11 is 3.47. The van der Waals surface area contributed by atoms with Gasteiger partial charge in [-0.2, -0.15) is 0 Å². The van der Waals surface area contributed by atoms with E-state index in [1.165, 1.54) is 0 Å². The van der Waals surface area contributed by atoms with E-state index in [9.17, 15) is 9.59 Å². The highest BCUT2D eigenvalue weighted by atomic mass is 79.9. The molecule has 1 aliphatic rings. The number of carbonyl (C=O) groups is 2. The van der Waals surface area contributed by atoms with Crippen molar-refractivity contribution in [1.82, 2.24) is 5.32 Å². The SMILES string of the molecule is Cc1cc(Br)cc(C)c1N1C(=O)C(C(C)C)NC(=O)C1C. The van der Waals surface area contributed by atoms with E-state index in [2.05, 4.69) is 21.2 Å². The van der Waals surface area contributed by atoms with Gasteiger partial charge in [-0.25, -0.2) is 0 Å². The van der Waals surface area contributed by atoms with Crippen LogP contribution in [-0.4, -0.2) is 23.9 Å². The number of nitrogens with one attached hydrogen (secondary N) is 1. The van der Waals surface area contributed by atoms with Crippen LogP contribution in [0.15, 0.2) is 16.6 Å². The number of piperazine rings is 1. The zero-order chi connectivity index (χ0) is 15.9. The maximum Gasteiger partial charge on any atom is 0.250 e. The van der Waals surface area contributed by atoms with Crippen LogP contribution in [0.5, 0.6) is 0 Å². The third kappa shape index (κ3) is 2.84. The van der Waals surface area contributed by atoms with Crippen LogP contribution in [0.2, 0.25) is 0 Å². The molecule has 1 N–H and O–H groups in total. The fourth-order valence-corrected chi connectivity index (χ4v) is 3.52. The lowest BCUT2D eigenvalue weighted by molar-refractivity contribution is -0.134. The van der Waals surface area contributed by atoms with Crippen molar-refractivity contribution in [3.63, 3.8) is 0 Å². The van der Waals surface area contributed by atoms with Gasteiger partial charge in [-0.05, 0) is 49.9 Å². The highest BCUT2D eigenvalue weighted by molar-refractivity contribution is 9.10.